The molecule has 0 bridgehead atoms. The largest absolute Gasteiger partial charge is 0.334 e. The summed E-state index contributed by atoms with van der Waals surface area (Å²) in [5.41, 5.74) is 4.01. The Kier molecular flexibility index (Phi) is 4.22. The molecule has 146 valence electrons. The highest BCUT2D eigenvalue weighted by atomic mass is 79.9. The number of thiazole rings is 1. The molecule has 29 heavy (non-hydrogen) atoms. The van der Waals surface area contributed by atoms with Crippen LogP contribution in [0.1, 0.15) is 11.1 Å². The summed E-state index contributed by atoms with van der Waals surface area (Å²) in [5, 5.41) is 0. The molecule has 0 spiro atoms. The third kappa shape index (κ3) is 2.86. The van der Waals surface area contributed by atoms with Gasteiger partial charge in [0.15, 0.2) is 4.80 Å². The molecule has 2 aromatic carbocycles. The van der Waals surface area contributed by atoms with E-state index in [0.29, 0.717) is 28.2 Å². The summed E-state index contributed by atoms with van der Waals surface area (Å²) in [4.78, 5) is 35.1. The Morgan fingerprint density at radius 3 is 2.62 bits per heavy atom. The zero-order chi connectivity index (χ0) is 20.3. The fourth-order valence-electron chi connectivity index (χ4n) is 3.73. The summed E-state index contributed by atoms with van der Waals surface area (Å²) in [7, 11) is 1.74. The van der Waals surface area contributed by atoms with E-state index < -0.39 is 0 Å². The van der Waals surface area contributed by atoms with Gasteiger partial charge in [0.2, 0.25) is 0 Å². The molecule has 0 fully saturated rings. The van der Waals surface area contributed by atoms with Gasteiger partial charge < -0.3 is 9.80 Å². The number of halogens is 1. The number of likely N-dealkylation sites (N-methyl/N-ethyl adjacent to an activating group) is 1. The average Bonchev–Trinajstić information content (AvgIpc) is 3.16. The van der Waals surface area contributed by atoms with Gasteiger partial charge in [0.25, 0.3) is 11.5 Å². The summed E-state index contributed by atoms with van der Waals surface area (Å²) in [6.45, 7) is 2.87. The van der Waals surface area contributed by atoms with Crippen molar-refractivity contribution in [2.75, 3.05) is 23.5 Å². The van der Waals surface area contributed by atoms with E-state index in [0.717, 1.165) is 27.0 Å². The first kappa shape index (κ1) is 18.3. The third-order valence-corrected chi connectivity index (χ3v) is 6.92. The predicted molar refractivity (Wildman–Crippen MR) is 118 cm³/mol. The summed E-state index contributed by atoms with van der Waals surface area (Å²) >= 11 is 4.74. The van der Waals surface area contributed by atoms with Crippen LogP contribution in [-0.4, -0.2) is 24.2 Å². The second-order valence-corrected chi connectivity index (χ2v) is 9.06. The van der Waals surface area contributed by atoms with Crippen LogP contribution in [0.25, 0.3) is 5.57 Å². The molecule has 1 aromatic heterocycles. The number of carbonyl (C=O) groups is 1. The molecule has 0 saturated heterocycles. The van der Waals surface area contributed by atoms with Crippen LogP contribution in [0.15, 0.2) is 56.7 Å². The van der Waals surface area contributed by atoms with Crippen LogP contribution >= 0.6 is 27.3 Å². The highest BCUT2D eigenvalue weighted by Crippen LogP contribution is 2.34. The van der Waals surface area contributed by atoms with Crippen molar-refractivity contribution in [2.45, 2.75) is 13.6 Å². The Bertz CT molecular complexity index is 1340. The van der Waals surface area contributed by atoms with Gasteiger partial charge in [-0.2, -0.15) is 0 Å². The Morgan fingerprint density at radius 2 is 1.86 bits per heavy atom. The molecule has 0 saturated carbocycles. The monoisotopic (exact) mass is 468 g/mol. The molecule has 0 N–H and O–H groups in total. The van der Waals surface area contributed by atoms with Crippen molar-refractivity contribution in [1.82, 2.24) is 4.57 Å². The van der Waals surface area contributed by atoms with Crippen LogP contribution in [0.2, 0.25) is 0 Å². The number of hydrogen-bond acceptors (Lipinski definition) is 5. The number of amides is 1. The average molecular weight is 469 g/mol. The van der Waals surface area contributed by atoms with Crippen molar-refractivity contribution in [2.24, 2.45) is 4.99 Å². The lowest BCUT2D eigenvalue weighted by Crippen LogP contribution is -2.43. The number of anilines is 2. The molecule has 0 unspecified atom stereocenters. The lowest BCUT2D eigenvalue weighted by molar-refractivity contribution is -0.112. The maximum absolute atomic E-state index is 13.3. The molecule has 0 radical (unpaired) electrons. The van der Waals surface area contributed by atoms with Crippen molar-refractivity contribution in [1.29, 1.82) is 0 Å². The van der Waals surface area contributed by atoms with Crippen LogP contribution in [0.5, 0.6) is 0 Å². The first-order valence-electron chi connectivity index (χ1n) is 9.12. The van der Waals surface area contributed by atoms with Gasteiger partial charge in [0.05, 0.1) is 11.3 Å². The molecule has 3 heterocycles. The van der Waals surface area contributed by atoms with Gasteiger partial charge in [0.1, 0.15) is 17.9 Å². The van der Waals surface area contributed by atoms with Gasteiger partial charge in [-0.1, -0.05) is 38.9 Å². The summed E-state index contributed by atoms with van der Waals surface area (Å²) in [6.07, 6.45) is 0. The second kappa shape index (κ2) is 6.67. The van der Waals surface area contributed by atoms with Crippen molar-refractivity contribution < 1.29 is 4.79 Å². The maximum atomic E-state index is 13.3. The van der Waals surface area contributed by atoms with E-state index >= 15 is 0 Å². The minimum Gasteiger partial charge on any atom is -0.334 e. The molecule has 8 heteroatoms. The van der Waals surface area contributed by atoms with Crippen LogP contribution < -0.4 is 24.7 Å². The fourth-order valence-corrected chi connectivity index (χ4v) is 5.05. The molecule has 3 aromatic rings. The quantitative estimate of drug-likeness (QED) is 0.550. The van der Waals surface area contributed by atoms with Gasteiger partial charge in [-0.3, -0.25) is 14.2 Å². The second-order valence-electron chi connectivity index (χ2n) is 7.16. The van der Waals surface area contributed by atoms with Gasteiger partial charge in [-0.25, -0.2) is 4.99 Å². The Hall–Kier alpha value is -2.71. The van der Waals surface area contributed by atoms with E-state index in [9.17, 15) is 9.59 Å². The number of benzene rings is 2. The van der Waals surface area contributed by atoms with E-state index in [-0.39, 0.29) is 11.5 Å². The Balaban J connectivity index is 1.67. The minimum atomic E-state index is -0.165. The molecule has 0 aliphatic carbocycles. The number of fused-ring (bicyclic) bond motifs is 2. The zero-order valence-electron chi connectivity index (χ0n) is 15.8. The van der Waals surface area contributed by atoms with E-state index in [1.54, 1.807) is 16.5 Å². The summed E-state index contributed by atoms with van der Waals surface area (Å²) < 4.78 is 3.11. The van der Waals surface area contributed by atoms with Crippen molar-refractivity contribution >= 4 is 50.1 Å². The topological polar surface area (TPSA) is 57.9 Å². The first-order valence-corrected chi connectivity index (χ1v) is 10.7. The highest BCUT2D eigenvalue weighted by molar-refractivity contribution is 9.10. The lowest BCUT2D eigenvalue weighted by Gasteiger charge is -2.25. The van der Waals surface area contributed by atoms with Gasteiger partial charge >= 0.3 is 0 Å². The van der Waals surface area contributed by atoms with E-state index in [1.165, 1.54) is 11.3 Å². The molecule has 1 amide bonds. The number of nitrogens with zero attached hydrogens (tertiary/aromatic N) is 4. The fraction of sp³-hybridized carbons (Fsp3) is 0.190. The van der Waals surface area contributed by atoms with Gasteiger partial charge in [-0.15, -0.1) is 0 Å². The minimum absolute atomic E-state index is 0.147. The van der Waals surface area contributed by atoms with Crippen molar-refractivity contribution in [3.05, 3.63) is 77.8 Å². The normalized spacial score (nSPS) is 17.3. The van der Waals surface area contributed by atoms with Gasteiger partial charge in [-0.05, 0) is 43.3 Å². The molecular formula is C21H17BrN4O2S. The molecule has 5 rings (SSSR count). The SMILES string of the molecule is Cc1ccc2c(c1)C(=c1sc3n(c1=O)CN(c1ccc(Br)cc1)CN=3)C(=O)N2C. The summed E-state index contributed by atoms with van der Waals surface area (Å²) in [5.74, 6) is -0.147. The van der Waals surface area contributed by atoms with Crippen LogP contribution in [0.3, 0.4) is 0 Å². The number of rotatable bonds is 1. The zero-order valence-corrected chi connectivity index (χ0v) is 18.2. The van der Waals surface area contributed by atoms with E-state index in [1.807, 2.05) is 54.3 Å². The van der Waals surface area contributed by atoms with Gasteiger partial charge in [0, 0.05) is 22.8 Å². The third-order valence-electron chi connectivity index (χ3n) is 5.27. The van der Waals surface area contributed by atoms with Crippen molar-refractivity contribution in [3.8, 4) is 0 Å². The van der Waals surface area contributed by atoms with E-state index in [2.05, 4.69) is 20.9 Å². The number of hydrogen-bond donors (Lipinski definition) is 0. The smallest absolute Gasteiger partial charge is 0.272 e. The molecule has 6 nitrogen and oxygen atoms in total. The Morgan fingerprint density at radius 1 is 1.10 bits per heavy atom. The molecule has 0 atom stereocenters. The molecule has 2 aliphatic heterocycles. The lowest BCUT2D eigenvalue weighted by atomic mass is 10.1. The predicted octanol–water partition coefficient (Wildman–Crippen LogP) is 2.21. The standard InChI is InChI=1S/C21H17BrN4O2S/c1-12-3-8-16-15(9-12)17(19(27)24(16)2)18-20(28)26-11-25(10-23-21(26)29-18)14-6-4-13(22)5-7-14/h3-9H,10-11H2,1-2H3. The first-order chi connectivity index (χ1) is 13.9. The number of aryl methyl sites for hydroxylation is 1. The number of aromatic nitrogens is 1. The highest BCUT2D eigenvalue weighted by Gasteiger charge is 2.32. The summed E-state index contributed by atoms with van der Waals surface area (Å²) in [6, 6.07) is 13.8. The van der Waals surface area contributed by atoms with Crippen molar-refractivity contribution in [3.63, 3.8) is 0 Å². The number of carbonyl (C=O) groups excluding carboxylic acids is 1. The van der Waals surface area contributed by atoms with Crippen LogP contribution in [0, 0.1) is 6.92 Å². The molecule has 2 aliphatic rings. The molecular weight excluding hydrogens is 452 g/mol. The maximum Gasteiger partial charge on any atom is 0.272 e. The van der Waals surface area contributed by atoms with Crippen LogP contribution in [0.4, 0.5) is 11.4 Å². The Labute approximate surface area is 179 Å². The van der Waals surface area contributed by atoms with E-state index in [4.69, 9.17) is 0 Å². The van der Waals surface area contributed by atoms with Crippen LogP contribution in [-0.2, 0) is 11.5 Å².